The van der Waals surface area contributed by atoms with Crippen molar-refractivity contribution in [2.24, 2.45) is 0 Å². The summed E-state index contributed by atoms with van der Waals surface area (Å²) in [6.07, 6.45) is 0. The zero-order valence-electron chi connectivity index (χ0n) is 17.5. The average molecular weight is 467 g/mol. The third-order valence-corrected chi connectivity index (χ3v) is 5.82. The fraction of sp³-hybridized carbons (Fsp3) is 0.208. The molecule has 2 heterocycles. The highest BCUT2D eigenvalue weighted by molar-refractivity contribution is 6.32. The number of halogens is 2. The molecule has 2 aromatic heterocycles. The van der Waals surface area contributed by atoms with Crippen LogP contribution in [0, 0.1) is 11.3 Å². The summed E-state index contributed by atoms with van der Waals surface area (Å²) in [5, 5.41) is 9.98. The van der Waals surface area contributed by atoms with E-state index >= 15 is 0 Å². The molecule has 0 unspecified atom stereocenters. The van der Waals surface area contributed by atoms with E-state index in [4.69, 9.17) is 38.1 Å². The van der Waals surface area contributed by atoms with Gasteiger partial charge in [-0.2, -0.15) is 10.2 Å². The summed E-state index contributed by atoms with van der Waals surface area (Å²) < 4.78 is 10.9. The Balaban J connectivity index is 1.66. The molecule has 0 spiro atoms. The minimum atomic E-state index is -0.406. The van der Waals surface area contributed by atoms with Crippen LogP contribution in [0.2, 0.25) is 5.02 Å². The lowest BCUT2D eigenvalue weighted by atomic mass is 9.77. The summed E-state index contributed by atoms with van der Waals surface area (Å²) in [5.41, 5.74) is 10.3. The predicted octanol–water partition coefficient (Wildman–Crippen LogP) is 5.94. The smallest absolute Gasteiger partial charge is 0.294 e. The number of benzene rings is 2. The summed E-state index contributed by atoms with van der Waals surface area (Å²) in [5.74, 6) is 0.673. The standard InChI is InChI=1S/C24H20Cl2N4O2/c1-24(2,17-11-15(13-27)21(18(26)12-17)31-10-9-25)16-5-3-14(4-6-16)19-7-8-20-22(29-19)30-23(28)32-20/h3-8,11-12H,9-10H2,1-2H3,(H2,28,29,30). The Morgan fingerprint density at radius 1 is 1.09 bits per heavy atom. The molecule has 0 aliphatic rings. The maximum atomic E-state index is 9.59. The Hall–Kier alpha value is -3.27. The second kappa shape index (κ2) is 8.70. The number of nitrogens with zero attached hydrogens (tertiary/aromatic N) is 3. The number of hydrogen-bond donors (Lipinski definition) is 1. The summed E-state index contributed by atoms with van der Waals surface area (Å²) in [6.45, 7) is 4.44. The number of fused-ring (bicyclic) bond motifs is 1. The number of nitrogens with two attached hydrogens (primary N) is 1. The van der Waals surface area contributed by atoms with Crippen LogP contribution < -0.4 is 10.5 Å². The number of hydrogen-bond acceptors (Lipinski definition) is 6. The number of oxazole rings is 1. The van der Waals surface area contributed by atoms with Gasteiger partial charge in [-0.15, -0.1) is 11.6 Å². The van der Waals surface area contributed by atoms with Crippen LogP contribution in [0.1, 0.15) is 30.5 Å². The topological polar surface area (TPSA) is 98.0 Å². The third-order valence-electron chi connectivity index (χ3n) is 5.38. The van der Waals surface area contributed by atoms with Gasteiger partial charge in [0, 0.05) is 11.0 Å². The lowest BCUT2D eigenvalue weighted by Crippen LogP contribution is -2.19. The van der Waals surface area contributed by atoms with Gasteiger partial charge in [-0.3, -0.25) is 0 Å². The van der Waals surface area contributed by atoms with Crippen LogP contribution in [0.3, 0.4) is 0 Å². The first-order valence-corrected chi connectivity index (χ1v) is 10.8. The van der Waals surface area contributed by atoms with E-state index in [9.17, 15) is 5.26 Å². The van der Waals surface area contributed by atoms with Crippen LogP contribution in [0.15, 0.2) is 52.9 Å². The summed E-state index contributed by atoms with van der Waals surface area (Å²) in [7, 11) is 0. The van der Waals surface area contributed by atoms with E-state index in [1.807, 2.05) is 42.5 Å². The highest BCUT2D eigenvalue weighted by Crippen LogP contribution is 2.38. The van der Waals surface area contributed by atoms with E-state index < -0.39 is 5.41 Å². The van der Waals surface area contributed by atoms with Crippen molar-refractivity contribution >= 4 is 40.4 Å². The number of aromatic nitrogens is 2. The number of anilines is 1. The molecule has 0 atom stereocenters. The van der Waals surface area contributed by atoms with Crippen LogP contribution >= 0.6 is 23.2 Å². The maximum Gasteiger partial charge on any atom is 0.294 e. The summed E-state index contributed by atoms with van der Waals surface area (Å²) >= 11 is 12.1. The molecule has 0 saturated heterocycles. The van der Waals surface area contributed by atoms with Crippen molar-refractivity contribution in [2.45, 2.75) is 19.3 Å². The SMILES string of the molecule is CC(C)(c1ccc(-c2ccc3oc(N)nc3n2)cc1)c1cc(Cl)c(OCCCl)c(C#N)c1. The van der Waals surface area contributed by atoms with Crippen LogP contribution in [-0.4, -0.2) is 22.5 Å². The van der Waals surface area contributed by atoms with Crippen LogP contribution in [-0.2, 0) is 5.41 Å². The van der Waals surface area contributed by atoms with Crippen molar-refractivity contribution in [2.75, 3.05) is 18.2 Å². The molecule has 6 nitrogen and oxygen atoms in total. The van der Waals surface area contributed by atoms with E-state index in [2.05, 4.69) is 29.9 Å². The Morgan fingerprint density at radius 2 is 1.84 bits per heavy atom. The Bertz CT molecular complexity index is 1320. The molecule has 0 fully saturated rings. The van der Waals surface area contributed by atoms with Crippen LogP contribution in [0.25, 0.3) is 22.5 Å². The third kappa shape index (κ3) is 4.10. The highest BCUT2D eigenvalue weighted by atomic mass is 35.5. The molecule has 162 valence electrons. The normalized spacial score (nSPS) is 11.5. The van der Waals surface area contributed by atoms with Gasteiger partial charge in [0.25, 0.3) is 6.01 Å². The van der Waals surface area contributed by atoms with Gasteiger partial charge in [0.15, 0.2) is 11.3 Å². The number of ether oxygens (including phenoxy) is 1. The van der Waals surface area contributed by atoms with Crippen molar-refractivity contribution in [3.8, 4) is 23.1 Å². The first-order valence-electron chi connectivity index (χ1n) is 9.90. The summed E-state index contributed by atoms with van der Waals surface area (Å²) in [4.78, 5) is 8.61. The lowest BCUT2D eigenvalue weighted by Gasteiger charge is -2.27. The molecular formula is C24H20Cl2N4O2. The van der Waals surface area contributed by atoms with Crippen LogP contribution in [0.4, 0.5) is 6.01 Å². The molecule has 0 aliphatic carbocycles. The van der Waals surface area contributed by atoms with Gasteiger partial charge in [0.2, 0.25) is 5.65 Å². The van der Waals surface area contributed by atoms with Gasteiger partial charge in [-0.25, -0.2) is 4.98 Å². The van der Waals surface area contributed by atoms with E-state index in [-0.39, 0.29) is 12.6 Å². The molecule has 0 bridgehead atoms. The van der Waals surface area contributed by atoms with Crippen molar-refractivity contribution < 1.29 is 9.15 Å². The number of pyridine rings is 1. The Morgan fingerprint density at radius 3 is 2.53 bits per heavy atom. The zero-order chi connectivity index (χ0) is 22.9. The molecule has 8 heteroatoms. The van der Waals surface area contributed by atoms with Crippen molar-refractivity contribution in [1.29, 1.82) is 5.26 Å². The average Bonchev–Trinajstić information content (AvgIpc) is 3.17. The molecule has 4 aromatic rings. The van der Waals surface area contributed by atoms with Gasteiger partial charge in [0.05, 0.1) is 22.2 Å². The zero-order valence-corrected chi connectivity index (χ0v) is 19.0. The number of alkyl halides is 1. The van der Waals surface area contributed by atoms with Gasteiger partial charge in [-0.1, -0.05) is 49.7 Å². The van der Waals surface area contributed by atoms with Crippen molar-refractivity contribution in [3.63, 3.8) is 0 Å². The van der Waals surface area contributed by atoms with Gasteiger partial charge < -0.3 is 14.9 Å². The number of nitriles is 1. The fourth-order valence-corrected chi connectivity index (χ4v) is 3.90. The summed E-state index contributed by atoms with van der Waals surface area (Å²) in [6, 6.07) is 17.7. The first-order chi connectivity index (χ1) is 15.3. The van der Waals surface area contributed by atoms with Gasteiger partial charge >= 0.3 is 0 Å². The highest BCUT2D eigenvalue weighted by Gasteiger charge is 2.26. The molecular weight excluding hydrogens is 447 g/mol. The molecule has 2 aromatic carbocycles. The van der Waals surface area contributed by atoms with E-state index in [1.165, 1.54) is 0 Å². The van der Waals surface area contributed by atoms with Crippen LogP contribution in [0.5, 0.6) is 5.75 Å². The lowest BCUT2D eigenvalue weighted by molar-refractivity contribution is 0.341. The molecule has 4 rings (SSSR count). The minimum Gasteiger partial charge on any atom is -0.489 e. The largest absolute Gasteiger partial charge is 0.489 e. The second-order valence-electron chi connectivity index (χ2n) is 7.76. The quantitative estimate of drug-likeness (QED) is 0.353. The maximum absolute atomic E-state index is 9.59. The number of nitrogen functional groups attached to an aromatic ring is 1. The van der Waals surface area contributed by atoms with Gasteiger partial charge in [0.1, 0.15) is 12.7 Å². The Kier molecular flexibility index (Phi) is 5.96. The Labute approximate surface area is 195 Å². The van der Waals surface area contributed by atoms with E-state index in [0.717, 1.165) is 22.4 Å². The monoisotopic (exact) mass is 466 g/mol. The van der Waals surface area contributed by atoms with Crippen molar-refractivity contribution in [1.82, 2.24) is 9.97 Å². The molecule has 32 heavy (non-hydrogen) atoms. The molecule has 0 aliphatic heterocycles. The minimum absolute atomic E-state index is 0.0937. The molecule has 0 saturated carbocycles. The van der Waals surface area contributed by atoms with E-state index in [1.54, 1.807) is 6.07 Å². The molecule has 2 N–H and O–H groups in total. The molecule has 0 amide bonds. The van der Waals surface area contributed by atoms with Gasteiger partial charge in [-0.05, 0) is 35.4 Å². The van der Waals surface area contributed by atoms with E-state index in [0.29, 0.717) is 33.4 Å². The molecule has 0 radical (unpaired) electrons. The first kappa shape index (κ1) is 21.9. The number of rotatable bonds is 6. The second-order valence-corrected chi connectivity index (χ2v) is 8.54. The fourth-order valence-electron chi connectivity index (χ4n) is 3.54. The predicted molar refractivity (Wildman–Crippen MR) is 126 cm³/mol. The van der Waals surface area contributed by atoms with Crippen molar-refractivity contribution in [3.05, 3.63) is 70.2 Å².